The van der Waals surface area contributed by atoms with Crippen molar-refractivity contribution in [3.63, 3.8) is 0 Å². The molecule has 1 atom stereocenters. The molecule has 0 aliphatic rings. The van der Waals surface area contributed by atoms with Crippen LogP contribution >= 0.6 is 0 Å². The van der Waals surface area contributed by atoms with E-state index in [-0.39, 0.29) is 35.1 Å². The maximum atomic E-state index is 12.3. The van der Waals surface area contributed by atoms with Crippen LogP contribution in [0, 0.1) is 16.7 Å². The molecule has 128 valence electrons. The quantitative estimate of drug-likeness (QED) is 0.471. The first-order chi connectivity index (χ1) is 9.97. The van der Waals surface area contributed by atoms with Gasteiger partial charge in [0.1, 0.15) is 12.4 Å². The lowest BCUT2D eigenvalue weighted by atomic mass is 9.72. The van der Waals surface area contributed by atoms with E-state index in [1.54, 1.807) is 12.2 Å². The van der Waals surface area contributed by atoms with Crippen LogP contribution in [-0.2, 0) is 14.3 Å². The van der Waals surface area contributed by atoms with Gasteiger partial charge in [0, 0.05) is 12.8 Å². The van der Waals surface area contributed by atoms with Crippen LogP contribution in [0.1, 0.15) is 74.1 Å². The summed E-state index contributed by atoms with van der Waals surface area (Å²) in [7, 11) is 0. The molecule has 0 aromatic carbocycles. The summed E-state index contributed by atoms with van der Waals surface area (Å²) in [6, 6.07) is 0. The molecule has 0 spiro atoms. The molecular formula is C19H34O3. The Balaban J connectivity index is 4.41. The van der Waals surface area contributed by atoms with Crippen LogP contribution in [-0.4, -0.2) is 18.4 Å². The Kier molecular flexibility index (Phi) is 8.65. The van der Waals surface area contributed by atoms with Gasteiger partial charge in [-0.1, -0.05) is 60.6 Å². The largest absolute Gasteiger partial charge is 0.461 e. The summed E-state index contributed by atoms with van der Waals surface area (Å²) in [5, 5.41) is 0. The molecule has 0 radical (unpaired) electrons. The minimum Gasteiger partial charge on any atom is -0.461 e. The Labute approximate surface area is 136 Å². The molecule has 0 bridgehead atoms. The molecule has 0 saturated carbocycles. The van der Waals surface area contributed by atoms with Crippen LogP contribution in [0.3, 0.4) is 0 Å². The van der Waals surface area contributed by atoms with Crippen LogP contribution in [0.25, 0.3) is 0 Å². The van der Waals surface area contributed by atoms with Crippen molar-refractivity contribution in [2.24, 2.45) is 16.7 Å². The number of allylic oxidation sites excluding steroid dienone is 1. The highest BCUT2D eigenvalue weighted by molar-refractivity contribution is 5.79. The van der Waals surface area contributed by atoms with Gasteiger partial charge in [0.15, 0.2) is 0 Å². The maximum absolute atomic E-state index is 12.3. The minimum absolute atomic E-state index is 0.0827. The molecule has 0 aliphatic heterocycles. The van der Waals surface area contributed by atoms with E-state index in [1.165, 1.54) is 0 Å². The zero-order chi connectivity index (χ0) is 17.4. The number of hydrogen-bond donors (Lipinski definition) is 0. The van der Waals surface area contributed by atoms with E-state index in [2.05, 4.69) is 41.5 Å². The van der Waals surface area contributed by atoms with E-state index in [0.29, 0.717) is 12.8 Å². The van der Waals surface area contributed by atoms with Crippen molar-refractivity contribution in [1.29, 1.82) is 0 Å². The van der Waals surface area contributed by atoms with Crippen molar-refractivity contribution in [3.05, 3.63) is 12.2 Å². The van der Waals surface area contributed by atoms with Crippen molar-refractivity contribution in [1.82, 2.24) is 0 Å². The Morgan fingerprint density at radius 2 is 1.64 bits per heavy atom. The molecular weight excluding hydrogens is 276 g/mol. The topological polar surface area (TPSA) is 43.4 Å². The molecule has 0 heterocycles. The number of carbonyl (C=O) groups is 2. The number of hydrogen-bond acceptors (Lipinski definition) is 3. The molecule has 0 saturated heterocycles. The van der Waals surface area contributed by atoms with Crippen LogP contribution in [0.2, 0.25) is 0 Å². The molecule has 0 fully saturated rings. The number of rotatable bonds is 8. The molecule has 0 N–H and O–H groups in total. The number of ether oxygens (including phenoxy) is 1. The van der Waals surface area contributed by atoms with Gasteiger partial charge in [0.2, 0.25) is 0 Å². The van der Waals surface area contributed by atoms with Gasteiger partial charge in [-0.15, -0.1) is 0 Å². The Morgan fingerprint density at radius 3 is 2.09 bits per heavy atom. The summed E-state index contributed by atoms with van der Waals surface area (Å²) in [6.07, 6.45) is 6.27. The van der Waals surface area contributed by atoms with Crippen LogP contribution in [0.5, 0.6) is 0 Å². The Morgan fingerprint density at radius 1 is 1.05 bits per heavy atom. The lowest BCUT2D eigenvalue weighted by Crippen LogP contribution is -2.33. The van der Waals surface area contributed by atoms with Crippen LogP contribution < -0.4 is 0 Å². The van der Waals surface area contributed by atoms with E-state index in [1.807, 2.05) is 6.92 Å². The lowest BCUT2D eigenvalue weighted by Gasteiger charge is -2.33. The van der Waals surface area contributed by atoms with E-state index >= 15 is 0 Å². The summed E-state index contributed by atoms with van der Waals surface area (Å²) >= 11 is 0. The van der Waals surface area contributed by atoms with Gasteiger partial charge < -0.3 is 4.74 Å². The molecule has 0 rings (SSSR count). The normalized spacial score (nSPS) is 14.1. The fourth-order valence-electron chi connectivity index (χ4n) is 2.25. The molecule has 22 heavy (non-hydrogen) atoms. The van der Waals surface area contributed by atoms with Crippen molar-refractivity contribution < 1.29 is 14.3 Å². The Hall–Kier alpha value is -1.12. The number of ketones is 1. The van der Waals surface area contributed by atoms with Crippen LogP contribution in [0.15, 0.2) is 12.2 Å². The molecule has 0 aromatic rings. The van der Waals surface area contributed by atoms with Gasteiger partial charge in [-0.05, 0) is 23.7 Å². The maximum Gasteiger partial charge on any atom is 0.309 e. The third kappa shape index (κ3) is 9.75. The predicted molar refractivity (Wildman–Crippen MR) is 91.6 cm³/mol. The summed E-state index contributed by atoms with van der Waals surface area (Å²) < 4.78 is 5.38. The third-order valence-corrected chi connectivity index (χ3v) is 3.51. The number of Topliss-reactive ketones (excluding diaryl/α,β-unsaturated/α-hetero) is 1. The number of esters is 1. The van der Waals surface area contributed by atoms with Gasteiger partial charge in [-0.3, -0.25) is 9.59 Å². The molecule has 3 nitrogen and oxygen atoms in total. The van der Waals surface area contributed by atoms with Crippen molar-refractivity contribution in [2.75, 3.05) is 6.61 Å². The van der Waals surface area contributed by atoms with Gasteiger partial charge in [-0.2, -0.15) is 0 Å². The fraction of sp³-hybridized carbons (Fsp3) is 0.789. The van der Waals surface area contributed by atoms with E-state index in [4.69, 9.17) is 4.74 Å². The predicted octanol–water partition coefficient (Wildman–Crippen LogP) is 4.94. The first kappa shape index (κ1) is 20.9. The second kappa shape index (κ2) is 9.12. The van der Waals surface area contributed by atoms with Crippen LogP contribution in [0.4, 0.5) is 0 Å². The lowest BCUT2D eigenvalue weighted by molar-refractivity contribution is -0.152. The first-order valence-electron chi connectivity index (χ1n) is 8.30. The smallest absolute Gasteiger partial charge is 0.309 e. The minimum atomic E-state index is -0.146. The van der Waals surface area contributed by atoms with E-state index in [9.17, 15) is 9.59 Å². The highest BCUT2D eigenvalue weighted by atomic mass is 16.5. The monoisotopic (exact) mass is 310 g/mol. The highest BCUT2D eigenvalue weighted by Crippen LogP contribution is 2.36. The standard InChI is InChI=1S/C19H34O3/c1-8-11-15(20)12-9-10-13-22-17(21)16(19(5,6)7)14-18(2,3)4/h9-10,16H,8,11-14H2,1-7H3/b10-9+. The molecule has 0 aromatic heterocycles. The van der Waals surface area contributed by atoms with Gasteiger partial charge >= 0.3 is 5.97 Å². The zero-order valence-corrected chi connectivity index (χ0v) is 15.5. The average Bonchev–Trinajstić information content (AvgIpc) is 2.33. The zero-order valence-electron chi connectivity index (χ0n) is 15.5. The summed E-state index contributed by atoms with van der Waals surface area (Å²) in [6.45, 7) is 14.9. The first-order valence-corrected chi connectivity index (χ1v) is 8.30. The SMILES string of the molecule is CCCC(=O)C/C=C/COC(=O)C(CC(C)(C)C)C(C)(C)C. The summed E-state index contributed by atoms with van der Waals surface area (Å²) in [4.78, 5) is 23.7. The van der Waals surface area contributed by atoms with Gasteiger partial charge in [-0.25, -0.2) is 0 Å². The molecule has 3 heteroatoms. The van der Waals surface area contributed by atoms with Crippen molar-refractivity contribution in [3.8, 4) is 0 Å². The van der Waals surface area contributed by atoms with Gasteiger partial charge in [0.25, 0.3) is 0 Å². The Bertz CT molecular complexity index is 380. The fourth-order valence-corrected chi connectivity index (χ4v) is 2.25. The molecule has 0 amide bonds. The number of carbonyl (C=O) groups excluding carboxylic acids is 2. The third-order valence-electron chi connectivity index (χ3n) is 3.51. The van der Waals surface area contributed by atoms with Gasteiger partial charge in [0.05, 0.1) is 5.92 Å². The summed E-state index contributed by atoms with van der Waals surface area (Å²) in [5.74, 6) is -0.0417. The second-order valence-electron chi connectivity index (χ2n) is 8.28. The van der Waals surface area contributed by atoms with Crippen molar-refractivity contribution >= 4 is 11.8 Å². The van der Waals surface area contributed by atoms with E-state index < -0.39 is 0 Å². The molecule has 1 unspecified atom stereocenters. The van der Waals surface area contributed by atoms with E-state index in [0.717, 1.165) is 12.8 Å². The molecule has 0 aliphatic carbocycles. The second-order valence-corrected chi connectivity index (χ2v) is 8.28. The summed E-state index contributed by atoms with van der Waals surface area (Å²) in [5.41, 5.74) is -0.0372. The highest BCUT2D eigenvalue weighted by Gasteiger charge is 2.35. The van der Waals surface area contributed by atoms with Crippen molar-refractivity contribution in [2.45, 2.75) is 74.1 Å². The average molecular weight is 310 g/mol.